The number of nitrogens with zero attached hydrogens (tertiary/aromatic N) is 1. The van der Waals surface area contributed by atoms with Gasteiger partial charge in [0.2, 0.25) is 11.8 Å². The van der Waals surface area contributed by atoms with Crippen LogP contribution in [0.2, 0.25) is 0 Å². The number of nitrogens with one attached hydrogen (secondary N) is 1. The van der Waals surface area contributed by atoms with Crippen molar-refractivity contribution in [3.63, 3.8) is 0 Å². The minimum Gasteiger partial charge on any atom is -0.481 e. The van der Waals surface area contributed by atoms with Crippen molar-refractivity contribution in [2.75, 3.05) is 13.7 Å². The van der Waals surface area contributed by atoms with Crippen LogP contribution in [0, 0.1) is 18.8 Å². The number of carbonyl (C=O) groups excluding carboxylic acids is 1. The monoisotopic (exact) mass is 232 g/mol. The maximum absolute atomic E-state index is 10.6. The number of rotatable bonds is 3. The minimum atomic E-state index is -0.0332. The van der Waals surface area contributed by atoms with Crippen LogP contribution in [0.15, 0.2) is 12.3 Å². The van der Waals surface area contributed by atoms with E-state index in [2.05, 4.69) is 22.1 Å². The van der Waals surface area contributed by atoms with Gasteiger partial charge in [-0.1, -0.05) is 11.8 Å². The summed E-state index contributed by atoms with van der Waals surface area (Å²) in [6.45, 7) is 4.03. The summed E-state index contributed by atoms with van der Waals surface area (Å²) in [5, 5.41) is 2.69. The zero-order valence-electron chi connectivity index (χ0n) is 10.3. The van der Waals surface area contributed by atoms with Crippen molar-refractivity contribution in [3.8, 4) is 17.7 Å². The predicted octanol–water partition coefficient (Wildman–Crippen LogP) is 1.28. The number of ether oxygens (including phenoxy) is 1. The van der Waals surface area contributed by atoms with Gasteiger partial charge in [0.15, 0.2) is 0 Å². The summed E-state index contributed by atoms with van der Waals surface area (Å²) in [5.74, 6) is 6.56. The van der Waals surface area contributed by atoms with Gasteiger partial charge in [-0.25, -0.2) is 4.98 Å². The molecule has 0 aliphatic heterocycles. The largest absolute Gasteiger partial charge is 0.481 e. The van der Waals surface area contributed by atoms with Crippen molar-refractivity contribution in [1.82, 2.24) is 10.3 Å². The molecule has 1 N–H and O–H groups in total. The van der Waals surface area contributed by atoms with Gasteiger partial charge in [0.05, 0.1) is 7.11 Å². The van der Waals surface area contributed by atoms with E-state index in [9.17, 15) is 4.79 Å². The number of amides is 1. The molecule has 0 aromatic carbocycles. The summed E-state index contributed by atoms with van der Waals surface area (Å²) in [7, 11) is 1.58. The van der Waals surface area contributed by atoms with Gasteiger partial charge in [-0.3, -0.25) is 4.79 Å². The molecule has 1 rings (SSSR count). The average molecular weight is 232 g/mol. The highest BCUT2D eigenvalue weighted by Gasteiger charge is 1.98. The summed E-state index contributed by atoms with van der Waals surface area (Å²) in [5.41, 5.74) is 1.91. The molecule has 4 nitrogen and oxygen atoms in total. The molecular weight excluding hydrogens is 216 g/mol. The molecule has 0 spiro atoms. The van der Waals surface area contributed by atoms with Gasteiger partial charge in [0, 0.05) is 37.7 Å². The third-order valence-corrected chi connectivity index (χ3v) is 2.14. The first kappa shape index (κ1) is 13.0. The van der Waals surface area contributed by atoms with E-state index in [0.717, 1.165) is 11.1 Å². The predicted molar refractivity (Wildman–Crippen MR) is 65.7 cm³/mol. The van der Waals surface area contributed by atoms with Crippen LogP contribution in [0.3, 0.4) is 0 Å². The molecule has 1 aromatic heterocycles. The first-order chi connectivity index (χ1) is 8.13. The first-order valence-corrected chi connectivity index (χ1v) is 5.37. The SMILES string of the molecule is COc1cc(C)c(C#CCCNC(C)=O)cn1. The Balaban J connectivity index is 2.57. The second-order valence-electron chi connectivity index (χ2n) is 3.58. The van der Waals surface area contributed by atoms with Crippen LogP contribution in [0.4, 0.5) is 0 Å². The smallest absolute Gasteiger partial charge is 0.216 e. The highest BCUT2D eigenvalue weighted by atomic mass is 16.5. The van der Waals surface area contributed by atoms with Crippen molar-refractivity contribution in [3.05, 3.63) is 23.4 Å². The van der Waals surface area contributed by atoms with E-state index in [4.69, 9.17) is 4.74 Å². The average Bonchev–Trinajstić information content (AvgIpc) is 2.30. The minimum absolute atomic E-state index is 0.0332. The first-order valence-electron chi connectivity index (χ1n) is 5.37. The third-order valence-electron chi connectivity index (χ3n) is 2.14. The van der Waals surface area contributed by atoms with E-state index in [1.54, 1.807) is 13.3 Å². The lowest BCUT2D eigenvalue weighted by Crippen LogP contribution is -2.20. The molecule has 17 heavy (non-hydrogen) atoms. The number of methoxy groups -OCH3 is 1. The lowest BCUT2D eigenvalue weighted by molar-refractivity contribution is -0.118. The fraction of sp³-hybridized carbons (Fsp3) is 0.385. The van der Waals surface area contributed by atoms with Gasteiger partial charge in [-0.15, -0.1) is 0 Å². The number of aryl methyl sites for hydroxylation is 1. The number of carbonyl (C=O) groups is 1. The highest BCUT2D eigenvalue weighted by Crippen LogP contribution is 2.11. The van der Waals surface area contributed by atoms with Crippen LogP contribution >= 0.6 is 0 Å². The second-order valence-corrected chi connectivity index (χ2v) is 3.58. The summed E-state index contributed by atoms with van der Waals surface area (Å²) >= 11 is 0. The summed E-state index contributed by atoms with van der Waals surface area (Å²) < 4.78 is 5.01. The van der Waals surface area contributed by atoms with Crippen LogP contribution in [0.1, 0.15) is 24.5 Å². The van der Waals surface area contributed by atoms with Gasteiger partial charge in [-0.05, 0) is 12.5 Å². The zero-order valence-corrected chi connectivity index (χ0v) is 10.3. The van der Waals surface area contributed by atoms with Crippen LogP contribution in [-0.4, -0.2) is 24.5 Å². The molecule has 90 valence electrons. The fourth-order valence-corrected chi connectivity index (χ4v) is 1.23. The van der Waals surface area contributed by atoms with Crippen molar-refractivity contribution in [2.24, 2.45) is 0 Å². The second kappa shape index (κ2) is 6.54. The molecule has 0 bridgehead atoms. The van der Waals surface area contributed by atoms with E-state index in [0.29, 0.717) is 18.8 Å². The van der Waals surface area contributed by atoms with Gasteiger partial charge >= 0.3 is 0 Å². The molecule has 1 amide bonds. The van der Waals surface area contributed by atoms with Crippen molar-refractivity contribution in [2.45, 2.75) is 20.3 Å². The zero-order chi connectivity index (χ0) is 12.7. The molecule has 4 heteroatoms. The number of hydrogen-bond acceptors (Lipinski definition) is 3. The number of aromatic nitrogens is 1. The van der Waals surface area contributed by atoms with E-state index in [-0.39, 0.29) is 5.91 Å². The van der Waals surface area contributed by atoms with Gasteiger partial charge < -0.3 is 10.1 Å². The lowest BCUT2D eigenvalue weighted by Gasteiger charge is -2.01. The Kier molecular flexibility index (Phi) is 5.02. The summed E-state index contributed by atoms with van der Waals surface area (Å²) in [6, 6.07) is 1.85. The lowest BCUT2D eigenvalue weighted by atomic mass is 10.1. The van der Waals surface area contributed by atoms with E-state index in [1.807, 2.05) is 13.0 Å². The molecule has 0 aliphatic carbocycles. The van der Waals surface area contributed by atoms with Crippen molar-refractivity contribution < 1.29 is 9.53 Å². The molecule has 0 fully saturated rings. The van der Waals surface area contributed by atoms with E-state index >= 15 is 0 Å². The molecule has 1 heterocycles. The summed E-state index contributed by atoms with van der Waals surface area (Å²) in [4.78, 5) is 14.7. The molecule has 0 saturated heterocycles. The molecule has 0 radical (unpaired) electrons. The van der Waals surface area contributed by atoms with Crippen LogP contribution in [0.25, 0.3) is 0 Å². The van der Waals surface area contributed by atoms with Crippen LogP contribution < -0.4 is 10.1 Å². The Hall–Kier alpha value is -2.02. The Morgan fingerprint density at radius 1 is 1.59 bits per heavy atom. The Labute approximate surface area is 101 Å². The Morgan fingerprint density at radius 3 is 2.94 bits per heavy atom. The van der Waals surface area contributed by atoms with Crippen LogP contribution in [-0.2, 0) is 4.79 Å². The maximum atomic E-state index is 10.6. The topological polar surface area (TPSA) is 51.2 Å². The molecule has 0 aliphatic rings. The fourth-order valence-electron chi connectivity index (χ4n) is 1.23. The Bertz CT molecular complexity index is 458. The molecule has 0 atom stereocenters. The molecule has 0 saturated carbocycles. The maximum Gasteiger partial charge on any atom is 0.216 e. The van der Waals surface area contributed by atoms with Gasteiger partial charge in [0.1, 0.15) is 0 Å². The number of hydrogen-bond donors (Lipinski definition) is 1. The molecule has 0 unspecified atom stereocenters. The quantitative estimate of drug-likeness (QED) is 0.631. The molecule has 1 aromatic rings. The number of pyridine rings is 1. The third kappa shape index (κ3) is 4.56. The van der Waals surface area contributed by atoms with E-state index in [1.165, 1.54) is 6.92 Å². The van der Waals surface area contributed by atoms with Crippen molar-refractivity contribution >= 4 is 5.91 Å². The Morgan fingerprint density at radius 2 is 2.35 bits per heavy atom. The standard InChI is InChI=1S/C13H16N2O2/c1-10-8-13(17-3)15-9-12(10)6-4-5-7-14-11(2)16/h8-9H,5,7H2,1-3H3,(H,14,16). The van der Waals surface area contributed by atoms with E-state index < -0.39 is 0 Å². The van der Waals surface area contributed by atoms with Crippen LogP contribution in [0.5, 0.6) is 5.88 Å². The molecular formula is C13H16N2O2. The van der Waals surface area contributed by atoms with Gasteiger partial charge in [-0.2, -0.15) is 0 Å². The van der Waals surface area contributed by atoms with Gasteiger partial charge in [0.25, 0.3) is 0 Å². The van der Waals surface area contributed by atoms with Crippen molar-refractivity contribution in [1.29, 1.82) is 0 Å². The normalized spacial score (nSPS) is 9.12. The highest BCUT2D eigenvalue weighted by molar-refractivity contribution is 5.72. The summed E-state index contributed by atoms with van der Waals surface area (Å²) in [6.07, 6.45) is 2.32.